The topological polar surface area (TPSA) is 20.3 Å². The molecule has 1 amide bonds. The van der Waals surface area contributed by atoms with Crippen molar-refractivity contribution in [2.24, 2.45) is 5.92 Å². The predicted molar refractivity (Wildman–Crippen MR) is 73.2 cm³/mol. The molecule has 92 valence electrons. The van der Waals surface area contributed by atoms with Crippen LogP contribution in [0.1, 0.15) is 12.0 Å². The molecule has 0 radical (unpaired) electrons. The van der Waals surface area contributed by atoms with E-state index in [1.807, 2.05) is 6.92 Å². The van der Waals surface area contributed by atoms with Gasteiger partial charge in [0.05, 0.1) is 4.47 Å². The molecule has 17 heavy (non-hydrogen) atoms. The summed E-state index contributed by atoms with van der Waals surface area (Å²) >= 11 is 7.35. The number of anilines is 1. The van der Waals surface area contributed by atoms with Gasteiger partial charge in [-0.05, 0) is 52.2 Å². The van der Waals surface area contributed by atoms with E-state index in [-0.39, 0.29) is 17.6 Å². The minimum absolute atomic E-state index is 0.0499. The quantitative estimate of drug-likeness (QED) is 0.831. The van der Waals surface area contributed by atoms with E-state index >= 15 is 0 Å². The largest absolute Gasteiger partial charge is 0.312 e. The van der Waals surface area contributed by atoms with Crippen molar-refractivity contribution in [1.82, 2.24) is 0 Å². The lowest BCUT2D eigenvalue weighted by Gasteiger charge is -2.19. The second-order valence-corrected chi connectivity index (χ2v) is 5.53. The van der Waals surface area contributed by atoms with Crippen molar-refractivity contribution < 1.29 is 9.18 Å². The van der Waals surface area contributed by atoms with Crippen molar-refractivity contribution in [1.29, 1.82) is 0 Å². The number of hydrogen-bond acceptors (Lipinski definition) is 2. The summed E-state index contributed by atoms with van der Waals surface area (Å²) in [6.07, 6.45) is 0.501. The smallest absolute Gasteiger partial charge is 0.227 e. The van der Waals surface area contributed by atoms with Crippen LogP contribution in [0.3, 0.4) is 0 Å². The van der Waals surface area contributed by atoms with E-state index < -0.39 is 0 Å². The van der Waals surface area contributed by atoms with Crippen LogP contribution in [-0.4, -0.2) is 18.2 Å². The SMILES string of the molecule is Cc1cc(Br)c(F)cc1N1CC(CS)CC1=O. The Labute approximate surface area is 114 Å². The third kappa shape index (κ3) is 2.50. The number of amides is 1. The first-order valence-corrected chi connectivity index (χ1v) is 6.82. The highest BCUT2D eigenvalue weighted by atomic mass is 79.9. The molecule has 2 nitrogen and oxygen atoms in total. The van der Waals surface area contributed by atoms with Crippen molar-refractivity contribution >= 4 is 40.2 Å². The molecular formula is C12H13BrFNOS. The fourth-order valence-corrected chi connectivity index (χ4v) is 2.77. The highest BCUT2D eigenvalue weighted by Crippen LogP contribution is 2.31. The highest BCUT2D eigenvalue weighted by molar-refractivity contribution is 9.10. The standard InChI is InChI=1S/C12H13BrFNOS/c1-7-2-9(13)10(14)4-11(7)15-5-8(6-17)3-12(15)16/h2,4,8,17H,3,5-6H2,1H3. The maximum absolute atomic E-state index is 13.5. The molecule has 1 fully saturated rings. The van der Waals surface area contributed by atoms with Gasteiger partial charge in [-0.2, -0.15) is 12.6 Å². The number of benzene rings is 1. The lowest BCUT2D eigenvalue weighted by molar-refractivity contribution is -0.117. The van der Waals surface area contributed by atoms with E-state index in [1.165, 1.54) is 6.07 Å². The van der Waals surface area contributed by atoms with E-state index in [2.05, 4.69) is 28.6 Å². The zero-order valence-corrected chi connectivity index (χ0v) is 11.9. The van der Waals surface area contributed by atoms with Gasteiger partial charge in [0.15, 0.2) is 0 Å². The van der Waals surface area contributed by atoms with Crippen LogP contribution in [0.5, 0.6) is 0 Å². The third-order valence-corrected chi connectivity index (χ3v) is 4.12. The van der Waals surface area contributed by atoms with Crippen molar-refractivity contribution in [3.63, 3.8) is 0 Å². The van der Waals surface area contributed by atoms with Gasteiger partial charge in [-0.15, -0.1) is 0 Å². The van der Waals surface area contributed by atoms with Crippen LogP contribution in [0, 0.1) is 18.7 Å². The Morgan fingerprint density at radius 3 is 2.88 bits per heavy atom. The molecule has 0 saturated carbocycles. The molecule has 0 N–H and O–H groups in total. The molecule has 0 spiro atoms. The highest BCUT2D eigenvalue weighted by Gasteiger charge is 2.30. The molecule has 1 aromatic rings. The molecular weight excluding hydrogens is 305 g/mol. The van der Waals surface area contributed by atoms with Gasteiger partial charge >= 0.3 is 0 Å². The maximum Gasteiger partial charge on any atom is 0.227 e. The minimum Gasteiger partial charge on any atom is -0.312 e. The van der Waals surface area contributed by atoms with Gasteiger partial charge in [0, 0.05) is 18.7 Å². The van der Waals surface area contributed by atoms with Crippen molar-refractivity contribution in [3.8, 4) is 0 Å². The number of halogens is 2. The van der Waals surface area contributed by atoms with Gasteiger partial charge in [0.1, 0.15) is 5.82 Å². The number of nitrogens with zero attached hydrogens (tertiary/aromatic N) is 1. The molecule has 1 aliphatic heterocycles. The Bertz CT molecular complexity index is 466. The molecule has 1 saturated heterocycles. The van der Waals surface area contributed by atoms with Crippen molar-refractivity contribution in [2.45, 2.75) is 13.3 Å². The van der Waals surface area contributed by atoms with Gasteiger partial charge in [-0.25, -0.2) is 4.39 Å². The lowest BCUT2D eigenvalue weighted by Crippen LogP contribution is -2.25. The maximum atomic E-state index is 13.5. The second-order valence-electron chi connectivity index (χ2n) is 4.31. The van der Waals surface area contributed by atoms with Gasteiger partial charge in [0.2, 0.25) is 5.91 Å². The fourth-order valence-electron chi connectivity index (χ4n) is 2.06. The zero-order chi connectivity index (χ0) is 12.6. The van der Waals surface area contributed by atoms with Crippen LogP contribution in [0.4, 0.5) is 10.1 Å². The van der Waals surface area contributed by atoms with E-state index in [9.17, 15) is 9.18 Å². The van der Waals surface area contributed by atoms with Crippen molar-refractivity contribution in [2.75, 3.05) is 17.2 Å². The van der Waals surface area contributed by atoms with E-state index in [0.717, 1.165) is 5.56 Å². The first-order valence-electron chi connectivity index (χ1n) is 5.39. The Morgan fingerprint density at radius 1 is 1.59 bits per heavy atom. The Balaban J connectivity index is 2.35. The van der Waals surface area contributed by atoms with Crippen LogP contribution >= 0.6 is 28.6 Å². The number of thiol groups is 1. The Kier molecular flexibility index (Phi) is 3.78. The molecule has 0 aromatic heterocycles. The first-order chi connectivity index (χ1) is 8.02. The first kappa shape index (κ1) is 12.9. The summed E-state index contributed by atoms with van der Waals surface area (Å²) in [6, 6.07) is 3.12. The molecule has 1 heterocycles. The summed E-state index contributed by atoms with van der Waals surface area (Å²) in [5.41, 5.74) is 1.56. The van der Waals surface area contributed by atoms with Crippen molar-refractivity contribution in [3.05, 3.63) is 28.0 Å². The number of carbonyl (C=O) groups excluding carboxylic acids is 1. The molecule has 5 heteroatoms. The third-order valence-electron chi connectivity index (χ3n) is 2.99. The van der Waals surface area contributed by atoms with Gasteiger partial charge < -0.3 is 4.90 Å². The molecule has 1 aliphatic rings. The van der Waals surface area contributed by atoms with Crippen LogP contribution in [0.25, 0.3) is 0 Å². The molecule has 1 aromatic carbocycles. The monoisotopic (exact) mass is 317 g/mol. The Hall–Kier alpha value is -0.550. The normalized spacial score (nSPS) is 20.1. The Morgan fingerprint density at radius 2 is 2.29 bits per heavy atom. The van der Waals surface area contributed by atoms with Crippen LogP contribution in [0.15, 0.2) is 16.6 Å². The van der Waals surface area contributed by atoms with E-state index in [0.29, 0.717) is 28.9 Å². The predicted octanol–water partition coefficient (Wildman–Crippen LogP) is 3.18. The fraction of sp³-hybridized carbons (Fsp3) is 0.417. The van der Waals surface area contributed by atoms with Gasteiger partial charge in [-0.3, -0.25) is 4.79 Å². The summed E-state index contributed by atoms with van der Waals surface area (Å²) in [6.45, 7) is 2.51. The second kappa shape index (κ2) is 4.98. The van der Waals surface area contributed by atoms with Crippen LogP contribution in [-0.2, 0) is 4.79 Å². The van der Waals surface area contributed by atoms with E-state index in [1.54, 1.807) is 11.0 Å². The summed E-state index contributed by atoms with van der Waals surface area (Å²) in [7, 11) is 0. The summed E-state index contributed by atoms with van der Waals surface area (Å²) in [4.78, 5) is 13.5. The average molecular weight is 318 g/mol. The van der Waals surface area contributed by atoms with Crippen LogP contribution < -0.4 is 4.90 Å². The number of carbonyl (C=O) groups is 1. The van der Waals surface area contributed by atoms with Crippen LogP contribution in [0.2, 0.25) is 0 Å². The molecule has 2 rings (SSSR count). The summed E-state index contributed by atoms with van der Waals surface area (Å²) < 4.78 is 13.9. The number of rotatable bonds is 2. The molecule has 1 atom stereocenters. The molecule has 1 unspecified atom stereocenters. The average Bonchev–Trinajstić information content (AvgIpc) is 2.65. The summed E-state index contributed by atoms with van der Waals surface area (Å²) in [5, 5.41) is 0. The molecule has 0 bridgehead atoms. The number of aryl methyl sites for hydroxylation is 1. The van der Waals surface area contributed by atoms with Gasteiger partial charge in [0.25, 0.3) is 0 Å². The minimum atomic E-state index is -0.340. The van der Waals surface area contributed by atoms with Gasteiger partial charge in [-0.1, -0.05) is 0 Å². The lowest BCUT2D eigenvalue weighted by atomic mass is 10.1. The number of hydrogen-bond donors (Lipinski definition) is 1. The molecule has 0 aliphatic carbocycles. The summed E-state index contributed by atoms with van der Waals surface area (Å²) in [5.74, 6) is 0.652. The van der Waals surface area contributed by atoms with E-state index in [4.69, 9.17) is 0 Å². The zero-order valence-electron chi connectivity index (χ0n) is 9.41.